The molecule has 0 spiro atoms. The summed E-state index contributed by atoms with van der Waals surface area (Å²) in [7, 11) is 3.82. The number of nitrogens with one attached hydrogen (secondary N) is 1. The van der Waals surface area contributed by atoms with Gasteiger partial charge in [0.1, 0.15) is 0 Å². The molecular formula is C16H31N3O2. The molecule has 0 aromatic rings. The van der Waals surface area contributed by atoms with Crippen LogP contribution >= 0.6 is 0 Å². The summed E-state index contributed by atoms with van der Waals surface area (Å²) < 4.78 is 5.11. The predicted molar refractivity (Wildman–Crippen MR) is 84.0 cm³/mol. The maximum atomic E-state index is 12.6. The number of amides is 1. The largest absolute Gasteiger partial charge is 0.383 e. The van der Waals surface area contributed by atoms with E-state index in [1.54, 1.807) is 7.11 Å². The second kappa shape index (κ2) is 8.11. The van der Waals surface area contributed by atoms with E-state index in [0.29, 0.717) is 11.8 Å². The number of carbonyl (C=O) groups excluding carboxylic acids is 1. The molecule has 0 aromatic carbocycles. The number of nitrogens with zero attached hydrogens (tertiary/aromatic N) is 2. The van der Waals surface area contributed by atoms with Crippen molar-refractivity contribution in [3.05, 3.63) is 0 Å². The van der Waals surface area contributed by atoms with Crippen LogP contribution in [0, 0.1) is 5.92 Å². The van der Waals surface area contributed by atoms with E-state index in [2.05, 4.69) is 29.1 Å². The van der Waals surface area contributed by atoms with E-state index in [4.69, 9.17) is 4.74 Å². The molecule has 2 rings (SSSR count). The van der Waals surface area contributed by atoms with Crippen LogP contribution in [0.25, 0.3) is 0 Å². The van der Waals surface area contributed by atoms with E-state index in [1.165, 1.54) is 25.7 Å². The molecule has 1 saturated heterocycles. The first-order chi connectivity index (χ1) is 10.2. The Balaban J connectivity index is 1.91. The van der Waals surface area contributed by atoms with Crippen LogP contribution in [-0.4, -0.2) is 68.3 Å². The Morgan fingerprint density at radius 2 is 2.05 bits per heavy atom. The van der Waals surface area contributed by atoms with Crippen molar-refractivity contribution in [2.45, 2.75) is 51.2 Å². The van der Waals surface area contributed by atoms with Gasteiger partial charge in [-0.15, -0.1) is 0 Å². The molecule has 5 nitrogen and oxygen atoms in total. The highest BCUT2D eigenvalue weighted by Gasteiger charge is 2.42. The first-order valence-corrected chi connectivity index (χ1v) is 8.41. The smallest absolute Gasteiger partial charge is 0.241 e. The summed E-state index contributed by atoms with van der Waals surface area (Å²) in [5.74, 6) is 0.948. The number of hydrogen-bond donors (Lipinski definition) is 1. The zero-order valence-electron chi connectivity index (χ0n) is 13.8. The standard InChI is InChI=1S/C16H31N3O2/c1-4-14-16(20)19(10-9-18(2)11-12-21-3)15(17-14)13-7-5-6-8-13/h13-15,17H,4-12H2,1-3H3. The fourth-order valence-electron chi connectivity index (χ4n) is 3.55. The fourth-order valence-corrected chi connectivity index (χ4v) is 3.55. The molecule has 1 aliphatic heterocycles. The molecular weight excluding hydrogens is 266 g/mol. The topological polar surface area (TPSA) is 44.8 Å². The summed E-state index contributed by atoms with van der Waals surface area (Å²) in [6, 6.07) is 0.0277. The van der Waals surface area contributed by atoms with Crippen molar-refractivity contribution in [2.24, 2.45) is 5.92 Å². The van der Waals surface area contributed by atoms with Crippen molar-refractivity contribution >= 4 is 5.91 Å². The molecule has 0 bridgehead atoms. The Morgan fingerprint density at radius 3 is 2.67 bits per heavy atom. The summed E-state index contributed by atoms with van der Waals surface area (Å²) in [6.45, 7) is 5.49. The zero-order chi connectivity index (χ0) is 15.2. The fraction of sp³-hybridized carbons (Fsp3) is 0.938. The zero-order valence-corrected chi connectivity index (χ0v) is 13.8. The van der Waals surface area contributed by atoms with Crippen LogP contribution in [0.3, 0.4) is 0 Å². The van der Waals surface area contributed by atoms with Gasteiger partial charge in [-0.3, -0.25) is 10.1 Å². The minimum atomic E-state index is 0.0277. The predicted octanol–water partition coefficient (Wildman–Crippen LogP) is 1.29. The Bertz CT molecular complexity index is 331. The number of carbonyl (C=O) groups is 1. The molecule has 2 aliphatic rings. The number of likely N-dealkylation sites (N-methyl/N-ethyl adjacent to an activating group) is 1. The van der Waals surface area contributed by atoms with E-state index in [1.807, 2.05) is 0 Å². The monoisotopic (exact) mass is 297 g/mol. The van der Waals surface area contributed by atoms with Crippen molar-refractivity contribution in [1.29, 1.82) is 0 Å². The highest BCUT2D eigenvalue weighted by Crippen LogP contribution is 2.32. The molecule has 0 radical (unpaired) electrons. The molecule has 5 heteroatoms. The molecule has 2 atom stereocenters. The van der Waals surface area contributed by atoms with Gasteiger partial charge in [0.15, 0.2) is 0 Å². The molecule has 1 saturated carbocycles. The van der Waals surface area contributed by atoms with E-state index in [0.717, 1.165) is 32.7 Å². The van der Waals surface area contributed by atoms with E-state index in [9.17, 15) is 4.79 Å². The van der Waals surface area contributed by atoms with Gasteiger partial charge in [-0.25, -0.2) is 0 Å². The third-order valence-corrected chi connectivity index (χ3v) is 4.94. The van der Waals surface area contributed by atoms with Gasteiger partial charge in [-0.1, -0.05) is 19.8 Å². The second-order valence-electron chi connectivity index (χ2n) is 6.44. The van der Waals surface area contributed by atoms with Gasteiger partial charge in [0.25, 0.3) is 0 Å². The number of hydrogen-bond acceptors (Lipinski definition) is 4. The summed E-state index contributed by atoms with van der Waals surface area (Å²) >= 11 is 0. The van der Waals surface area contributed by atoms with E-state index < -0.39 is 0 Å². The lowest BCUT2D eigenvalue weighted by Crippen LogP contribution is -2.45. The minimum Gasteiger partial charge on any atom is -0.383 e. The normalized spacial score (nSPS) is 27.2. The third-order valence-electron chi connectivity index (χ3n) is 4.94. The molecule has 2 fully saturated rings. The summed E-state index contributed by atoms with van der Waals surface area (Å²) in [6.07, 6.45) is 6.30. The molecule has 21 heavy (non-hydrogen) atoms. The summed E-state index contributed by atoms with van der Waals surface area (Å²) in [5.41, 5.74) is 0. The highest BCUT2D eigenvalue weighted by atomic mass is 16.5. The minimum absolute atomic E-state index is 0.0277. The molecule has 1 N–H and O–H groups in total. The maximum absolute atomic E-state index is 12.6. The number of rotatable bonds is 8. The van der Waals surface area contributed by atoms with Gasteiger partial charge in [-0.2, -0.15) is 0 Å². The lowest BCUT2D eigenvalue weighted by atomic mass is 10.0. The van der Waals surface area contributed by atoms with Crippen molar-refractivity contribution in [2.75, 3.05) is 40.4 Å². The van der Waals surface area contributed by atoms with Gasteiger partial charge in [0.2, 0.25) is 5.91 Å². The molecule has 1 aliphatic carbocycles. The lowest BCUT2D eigenvalue weighted by Gasteiger charge is -2.30. The second-order valence-corrected chi connectivity index (χ2v) is 6.44. The van der Waals surface area contributed by atoms with Gasteiger partial charge < -0.3 is 14.5 Å². The molecule has 1 amide bonds. The van der Waals surface area contributed by atoms with Crippen LogP contribution in [0.5, 0.6) is 0 Å². The van der Waals surface area contributed by atoms with Crippen LogP contribution in [0.1, 0.15) is 39.0 Å². The van der Waals surface area contributed by atoms with Gasteiger partial charge in [0.05, 0.1) is 18.8 Å². The van der Waals surface area contributed by atoms with Gasteiger partial charge in [-0.05, 0) is 32.2 Å². The van der Waals surface area contributed by atoms with Crippen LogP contribution in [0.2, 0.25) is 0 Å². The summed E-state index contributed by atoms with van der Waals surface area (Å²) in [5, 5.41) is 3.58. The van der Waals surface area contributed by atoms with E-state index in [-0.39, 0.29) is 12.2 Å². The first-order valence-electron chi connectivity index (χ1n) is 8.41. The van der Waals surface area contributed by atoms with Crippen LogP contribution in [0.15, 0.2) is 0 Å². The van der Waals surface area contributed by atoms with Crippen LogP contribution in [0.4, 0.5) is 0 Å². The van der Waals surface area contributed by atoms with Crippen LogP contribution in [-0.2, 0) is 9.53 Å². The average Bonchev–Trinajstić information content (AvgIpc) is 3.10. The Labute approximate surface area is 129 Å². The third kappa shape index (κ3) is 4.18. The quantitative estimate of drug-likeness (QED) is 0.733. The SMILES string of the molecule is CCC1NC(C2CCCC2)N(CCN(C)CCOC)C1=O. The van der Waals surface area contributed by atoms with E-state index >= 15 is 0 Å². The average molecular weight is 297 g/mol. The first kappa shape index (κ1) is 16.7. The van der Waals surface area contributed by atoms with Crippen molar-refractivity contribution in [1.82, 2.24) is 15.1 Å². The number of ether oxygens (including phenoxy) is 1. The van der Waals surface area contributed by atoms with Gasteiger partial charge >= 0.3 is 0 Å². The molecule has 0 aromatic heterocycles. The lowest BCUT2D eigenvalue weighted by molar-refractivity contribution is -0.130. The molecule has 122 valence electrons. The Morgan fingerprint density at radius 1 is 1.33 bits per heavy atom. The maximum Gasteiger partial charge on any atom is 0.241 e. The molecule has 1 heterocycles. The van der Waals surface area contributed by atoms with Crippen molar-refractivity contribution in [3.8, 4) is 0 Å². The molecule has 2 unspecified atom stereocenters. The van der Waals surface area contributed by atoms with Gasteiger partial charge in [0, 0.05) is 26.7 Å². The summed E-state index contributed by atoms with van der Waals surface area (Å²) in [4.78, 5) is 16.9. The van der Waals surface area contributed by atoms with Crippen molar-refractivity contribution < 1.29 is 9.53 Å². The van der Waals surface area contributed by atoms with Crippen LogP contribution < -0.4 is 5.32 Å². The number of methoxy groups -OCH3 is 1. The highest BCUT2D eigenvalue weighted by molar-refractivity contribution is 5.84. The Kier molecular flexibility index (Phi) is 6.45. The Hall–Kier alpha value is -0.650. The van der Waals surface area contributed by atoms with Crippen molar-refractivity contribution in [3.63, 3.8) is 0 Å².